The Balaban J connectivity index is 1.99. The number of unbranched alkanes of at least 4 members (excludes halogenated alkanes) is 1. The van der Waals surface area contributed by atoms with Crippen LogP contribution in [0.4, 0.5) is 0 Å². The van der Waals surface area contributed by atoms with Gasteiger partial charge >= 0.3 is 0 Å². The molecule has 17 heavy (non-hydrogen) atoms. The van der Waals surface area contributed by atoms with E-state index in [-0.39, 0.29) is 12.5 Å². The van der Waals surface area contributed by atoms with Gasteiger partial charge in [-0.1, -0.05) is 33.1 Å². The van der Waals surface area contributed by atoms with Crippen LogP contribution in [0.25, 0.3) is 0 Å². The molecule has 1 aliphatic carbocycles. The summed E-state index contributed by atoms with van der Waals surface area (Å²) in [6.07, 6.45) is 7.40. The highest BCUT2D eigenvalue weighted by Gasteiger charge is 2.21. The van der Waals surface area contributed by atoms with Gasteiger partial charge in [0.1, 0.15) is 6.61 Å². The molecule has 1 N–H and O–H groups in total. The molecule has 1 amide bonds. The summed E-state index contributed by atoms with van der Waals surface area (Å²) in [6, 6.07) is 0. The van der Waals surface area contributed by atoms with Crippen molar-refractivity contribution in [2.45, 2.75) is 52.4 Å². The van der Waals surface area contributed by atoms with E-state index in [1.165, 1.54) is 32.1 Å². The molecule has 0 saturated heterocycles. The molecule has 0 heterocycles. The van der Waals surface area contributed by atoms with Crippen LogP contribution in [-0.4, -0.2) is 25.7 Å². The second-order valence-electron chi connectivity index (χ2n) is 5.18. The van der Waals surface area contributed by atoms with Crippen molar-refractivity contribution >= 4 is 5.91 Å². The Morgan fingerprint density at radius 1 is 1.41 bits per heavy atom. The Morgan fingerprint density at radius 3 is 2.76 bits per heavy atom. The van der Waals surface area contributed by atoms with Crippen molar-refractivity contribution in [1.82, 2.24) is 5.32 Å². The summed E-state index contributed by atoms with van der Waals surface area (Å²) >= 11 is 0. The maximum absolute atomic E-state index is 11.5. The first kappa shape index (κ1) is 14.5. The van der Waals surface area contributed by atoms with Crippen molar-refractivity contribution in [3.8, 4) is 0 Å². The van der Waals surface area contributed by atoms with Gasteiger partial charge in [0.05, 0.1) is 6.61 Å². The number of carbonyl (C=O) groups excluding carboxylic acids is 1. The van der Waals surface area contributed by atoms with Crippen LogP contribution < -0.4 is 5.32 Å². The minimum absolute atomic E-state index is 0.0422. The summed E-state index contributed by atoms with van der Waals surface area (Å²) in [5.41, 5.74) is 0. The minimum Gasteiger partial charge on any atom is -0.371 e. The lowest BCUT2D eigenvalue weighted by atomic mass is 9.99. The summed E-state index contributed by atoms with van der Waals surface area (Å²) in [4.78, 5) is 11.5. The third-order valence-corrected chi connectivity index (χ3v) is 3.41. The van der Waals surface area contributed by atoms with Gasteiger partial charge in [-0.15, -0.1) is 0 Å². The third-order valence-electron chi connectivity index (χ3n) is 3.41. The van der Waals surface area contributed by atoms with E-state index in [1.54, 1.807) is 0 Å². The fourth-order valence-corrected chi connectivity index (χ4v) is 1.86. The van der Waals surface area contributed by atoms with Crippen LogP contribution in [0.5, 0.6) is 0 Å². The molecular formula is C14H27NO2. The summed E-state index contributed by atoms with van der Waals surface area (Å²) in [5.74, 6) is 1.40. The Kier molecular flexibility index (Phi) is 7.25. The second kappa shape index (κ2) is 8.51. The van der Waals surface area contributed by atoms with Crippen LogP contribution >= 0.6 is 0 Å². The van der Waals surface area contributed by atoms with Crippen molar-refractivity contribution in [1.29, 1.82) is 0 Å². The van der Waals surface area contributed by atoms with E-state index < -0.39 is 0 Å². The zero-order valence-corrected chi connectivity index (χ0v) is 11.3. The summed E-state index contributed by atoms with van der Waals surface area (Å²) < 4.78 is 5.35. The number of rotatable bonds is 10. The number of ether oxygens (including phenoxy) is 1. The lowest BCUT2D eigenvalue weighted by Crippen LogP contribution is -2.32. The fourth-order valence-electron chi connectivity index (χ4n) is 1.86. The van der Waals surface area contributed by atoms with Gasteiger partial charge in [-0.25, -0.2) is 0 Å². The van der Waals surface area contributed by atoms with Gasteiger partial charge in [0.25, 0.3) is 0 Å². The highest BCUT2D eigenvalue weighted by Crippen LogP contribution is 2.28. The Bertz CT molecular complexity index is 214. The summed E-state index contributed by atoms with van der Waals surface area (Å²) in [6.45, 7) is 6.20. The van der Waals surface area contributed by atoms with Crippen LogP contribution in [0.3, 0.4) is 0 Å². The highest BCUT2D eigenvalue weighted by atomic mass is 16.5. The molecule has 3 heteroatoms. The Hall–Kier alpha value is -0.570. The van der Waals surface area contributed by atoms with E-state index in [0.29, 0.717) is 5.92 Å². The molecule has 1 saturated carbocycles. The predicted octanol–water partition coefficient (Wildman–Crippen LogP) is 2.75. The number of hydrogen-bond donors (Lipinski definition) is 1. The van der Waals surface area contributed by atoms with E-state index in [1.807, 2.05) is 0 Å². The first-order chi connectivity index (χ1) is 8.26. The molecule has 0 aromatic heterocycles. The van der Waals surface area contributed by atoms with E-state index >= 15 is 0 Å². The van der Waals surface area contributed by atoms with Gasteiger partial charge < -0.3 is 10.1 Å². The number of hydrogen-bond acceptors (Lipinski definition) is 2. The zero-order valence-electron chi connectivity index (χ0n) is 11.3. The van der Waals surface area contributed by atoms with Crippen LogP contribution in [-0.2, 0) is 9.53 Å². The lowest BCUT2D eigenvalue weighted by Gasteiger charge is -2.15. The second-order valence-corrected chi connectivity index (χ2v) is 5.18. The summed E-state index contributed by atoms with van der Waals surface area (Å²) in [5, 5.41) is 2.97. The molecule has 1 atom stereocenters. The smallest absolute Gasteiger partial charge is 0.246 e. The Labute approximate surface area is 105 Å². The lowest BCUT2D eigenvalue weighted by molar-refractivity contribution is -0.126. The third kappa shape index (κ3) is 7.37. The van der Waals surface area contributed by atoms with Gasteiger partial charge in [0.15, 0.2) is 0 Å². The van der Waals surface area contributed by atoms with Crippen molar-refractivity contribution in [3.05, 3.63) is 0 Å². The SMILES string of the molecule is CCCCC(CC)CNC(=O)COCC1CC1. The van der Waals surface area contributed by atoms with Gasteiger partial charge in [0, 0.05) is 6.54 Å². The molecule has 0 aliphatic heterocycles. The molecule has 3 nitrogen and oxygen atoms in total. The highest BCUT2D eigenvalue weighted by molar-refractivity contribution is 5.77. The minimum atomic E-state index is 0.0422. The molecule has 0 bridgehead atoms. The van der Waals surface area contributed by atoms with E-state index in [2.05, 4.69) is 19.2 Å². The maximum Gasteiger partial charge on any atom is 0.246 e. The van der Waals surface area contributed by atoms with Crippen molar-refractivity contribution in [2.24, 2.45) is 11.8 Å². The quantitative estimate of drug-likeness (QED) is 0.638. The summed E-state index contributed by atoms with van der Waals surface area (Å²) in [7, 11) is 0. The van der Waals surface area contributed by atoms with Gasteiger partial charge in [-0.05, 0) is 31.1 Å². The Morgan fingerprint density at radius 2 is 2.18 bits per heavy atom. The molecule has 1 fully saturated rings. The van der Waals surface area contributed by atoms with E-state index in [4.69, 9.17) is 4.74 Å². The van der Waals surface area contributed by atoms with Gasteiger partial charge in [-0.2, -0.15) is 0 Å². The monoisotopic (exact) mass is 241 g/mol. The van der Waals surface area contributed by atoms with E-state index in [0.717, 1.165) is 25.5 Å². The topological polar surface area (TPSA) is 38.3 Å². The molecule has 0 radical (unpaired) electrons. The first-order valence-corrected chi connectivity index (χ1v) is 7.10. The molecule has 1 aliphatic rings. The molecule has 0 aromatic rings. The molecular weight excluding hydrogens is 214 g/mol. The first-order valence-electron chi connectivity index (χ1n) is 7.10. The van der Waals surface area contributed by atoms with Crippen LogP contribution in [0.1, 0.15) is 52.4 Å². The standard InChI is InChI=1S/C14H27NO2/c1-3-5-6-12(4-2)9-15-14(16)11-17-10-13-7-8-13/h12-13H,3-11H2,1-2H3,(H,15,16). The fraction of sp³-hybridized carbons (Fsp3) is 0.929. The average molecular weight is 241 g/mol. The van der Waals surface area contributed by atoms with Crippen LogP contribution in [0, 0.1) is 11.8 Å². The number of nitrogens with one attached hydrogen (secondary N) is 1. The molecule has 0 aromatic carbocycles. The van der Waals surface area contributed by atoms with Crippen molar-refractivity contribution < 1.29 is 9.53 Å². The molecule has 0 spiro atoms. The van der Waals surface area contributed by atoms with Gasteiger partial charge in [0.2, 0.25) is 5.91 Å². The molecule has 100 valence electrons. The average Bonchev–Trinajstić information content (AvgIpc) is 3.13. The molecule has 1 rings (SSSR count). The van der Waals surface area contributed by atoms with Crippen molar-refractivity contribution in [2.75, 3.05) is 19.8 Å². The van der Waals surface area contributed by atoms with Gasteiger partial charge in [-0.3, -0.25) is 4.79 Å². The largest absolute Gasteiger partial charge is 0.371 e. The normalized spacial score (nSPS) is 16.8. The molecule has 1 unspecified atom stereocenters. The maximum atomic E-state index is 11.5. The number of carbonyl (C=O) groups is 1. The zero-order chi connectivity index (χ0) is 12.5. The van der Waals surface area contributed by atoms with E-state index in [9.17, 15) is 4.79 Å². The van der Waals surface area contributed by atoms with Crippen LogP contribution in [0.15, 0.2) is 0 Å². The van der Waals surface area contributed by atoms with Crippen LogP contribution in [0.2, 0.25) is 0 Å². The predicted molar refractivity (Wildman–Crippen MR) is 69.9 cm³/mol. The van der Waals surface area contributed by atoms with Crippen molar-refractivity contribution in [3.63, 3.8) is 0 Å². The number of amides is 1.